The highest BCUT2D eigenvalue weighted by Gasteiger charge is 2.53. The third-order valence-corrected chi connectivity index (χ3v) is 10.3. The zero-order valence-electron chi connectivity index (χ0n) is 27.5. The number of thiophene rings is 1. The Labute approximate surface area is 268 Å². The molecule has 3 aromatic rings. The first-order valence-corrected chi connectivity index (χ1v) is 17.3. The van der Waals surface area contributed by atoms with Crippen LogP contribution in [0, 0.1) is 23.1 Å². The molecule has 3 aliphatic rings. The number of amidine groups is 1. The number of rotatable bonds is 3. The van der Waals surface area contributed by atoms with Crippen molar-refractivity contribution in [2.24, 2.45) is 10.9 Å². The van der Waals surface area contributed by atoms with Gasteiger partial charge in [0.05, 0.1) is 35.4 Å². The first kappa shape index (κ1) is 34.0. The van der Waals surface area contributed by atoms with Gasteiger partial charge in [0, 0.05) is 34.5 Å². The average Bonchev–Trinajstić information content (AvgIpc) is 3.30. The molecule has 2 N–H and O–H groups in total. The van der Waals surface area contributed by atoms with Gasteiger partial charge in [0.2, 0.25) is 0 Å². The Morgan fingerprint density at radius 1 is 1.27 bits per heavy atom. The Hall–Kier alpha value is -2.85. The molecule has 1 spiro atoms. The van der Waals surface area contributed by atoms with Crippen LogP contribution in [0.4, 0.5) is 9.39 Å². The lowest BCUT2D eigenvalue weighted by Crippen LogP contribution is -2.41. The fourth-order valence-electron chi connectivity index (χ4n) is 6.56. The number of nitrogens with zero attached hydrogens (tertiary/aromatic N) is 4. The summed E-state index contributed by atoms with van der Waals surface area (Å²) in [7, 11) is 2.91. The monoisotopic (exact) mass is 635 g/mol. The maximum absolute atomic E-state index is 14.8. The van der Waals surface area contributed by atoms with Crippen LogP contribution in [-0.2, 0) is 18.0 Å². The van der Waals surface area contributed by atoms with E-state index in [0.717, 1.165) is 62.6 Å². The molecule has 9 heteroatoms. The molecule has 2 fully saturated rings. The molecular formula is C35H47FN5OPS. The molecule has 2 aliphatic heterocycles. The van der Waals surface area contributed by atoms with Crippen molar-refractivity contribution in [2.45, 2.75) is 106 Å². The van der Waals surface area contributed by atoms with Gasteiger partial charge in [-0.15, -0.1) is 20.6 Å². The van der Waals surface area contributed by atoms with E-state index in [1.54, 1.807) is 0 Å². The third-order valence-electron chi connectivity index (χ3n) is 8.69. The maximum Gasteiger partial charge on any atom is 0.159 e. The largest absolute Gasteiger partial charge is 0.389 e. The van der Waals surface area contributed by atoms with Crippen LogP contribution in [0.25, 0.3) is 33.1 Å². The van der Waals surface area contributed by atoms with Crippen LogP contribution in [0.2, 0.25) is 0 Å². The Kier molecular flexibility index (Phi) is 10.9. The fourth-order valence-corrected chi connectivity index (χ4v) is 8.20. The van der Waals surface area contributed by atoms with Crippen molar-refractivity contribution in [3.63, 3.8) is 0 Å². The molecule has 0 amide bonds. The number of halogens is 1. The molecule has 2 aromatic heterocycles. The molecule has 1 saturated heterocycles. The minimum Gasteiger partial charge on any atom is -0.389 e. The van der Waals surface area contributed by atoms with Gasteiger partial charge in [0.1, 0.15) is 16.9 Å². The molecule has 1 aromatic carbocycles. The van der Waals surface area contributed by atoms with Gasteiger partial charge in [0.15, 0.2) is 5.82 Å². The number of pyridine rings is 1. The van der Waals surface area contributed by atoms with Gasteiger partial charge in [-0.3, -0.25) is 4.98 Å². The number of nitrogens with two attached hydrogens (primary N) is 1. The van der Waals surface area contributed by atoms with Crippen molar-refractivity contribution in [1.82, 2.24) is 9.88 Å². The predicted molar refractivity (Wildman–Crippen MR) is 188 cm³/mol. The molecular weight excluding hydrogens is 588 g/mol. The molecule has 6 nitrogen and oxygen atoms in total. The lowest BCUT2D eigenvalue weighted by Gasteiger charge is -2.25. The third kappa shape index (κ3) is 6.04. The van der Waals surface area contributed by atoms with E-state index in [0.29, 0.717) is 45.5 Å². The highest BCUT2D eigenvalue weighted by atomic mass is 32.1. The number of nitriles is 1. The van der Waals surface area contributed by atoms with Gasteiger partial charge >= 0.3 is 0 Å². The van der Waals surface area contributed by atoms with E-state index in [2.05, 4.69) is 66.7 Å². The van der Waals surface area contributed by atoms with Gasteiger partial charge in [-0.1, -0.05) is 53.5 Å². The number of aliphatic imine (C=N–C) groups is 1. The first-order valence-electron chi connectivity index (χ1n) is 15.9. The Morgan fingerprint density at radius 3 is 2.55 bits per heavy atom. The van der Waals surface area contributed by atoms with Crippen molar-refractivity contribution >= 4 is 58.6 Å². The summed E-state index contributed by atoms with van der Waals surface area (Å²) in [5.74, 6) is 1.28. The van der Waals surface area contributed by atoms with Crippen LogP contribution < -0.4 is 21.5 Å². The number of likely N-dealkylation sites (tertiary alicyclic amines) is 1. The first-order chi connectivity index (χ1) is 21.1. The zero-order chi connectivity index (χ0) is 32.3. The summed E-state index contributed by atoms with van der Waals surface area (Å²) >= 11 is 1.09. The number of fused-ring (bicyclic) bond motifs is 2. The van der Waals surface area contributed by atoms with E-state index in [1.807, 2.05) is 20.0 Å². The normalized spacial score (nSPS) is 19.3. The van der Waals surface area contributed by atoms with Crippen LogP contribution in [0.15, 0.2) is 11.2 Å². The molecule has 236 valence electrons. The molecule has 44 heavy (non-hydrogen) atoms. The van der Waals surface area contributed by atoms with Crippen molar-refractivity contribution < 1.29 is 9.13 Å². The Bertz CT molecular complexity index is 1750. The number of aromatic nitrogens is 1. The lowest BCUT2D eigenvalue weighted by molar-refractivity contribution is 0.134. The number of anilines is 1. The van der Waals surface area contributed by atoms with Gasteiger partial charge in [-0.05, 0) is 67.1 Å². The maximum atomic E-state index is 14.8. The number of ether oxygens (including phenoxy) is 1. The van der Waals surface area contributed by atoms with E-state index < -0.39 is 5.82 Å². The van der Waals surface area contributed by atoms with E-state index in [1.165, 1.54) is 37.5 Å². The summed E-state index contributed by atoms with van der Waals surface area (Å²) in [5, 5.41) is 13.8. The molecule has 4 heterocycles. The SMILES string of the molecule is CC.CCC.CCC(C)=c1c(P)c(-c2ncc(F)c3sc(N)c(C#N)c23)c2c(/c1=C/N=C(C)N1CC(C)CC13CC3)COC2. The average molecular weight is 636 g/mol. The lowest BCUT2D eigenvalue weighted by atomic mass is 9.93. The van der Waals surface area contributed by atoms with Gasteiger partial charge < -0.3 is 15.4 Å². The quantitative estimate of drug-likeness (QED) is 0.188. The van der Waals surface area contributed by atoms with Crippen molar-refractivity contribution in [1.29, 1.82) is 5.26 Å². The van der Waals surface area contributed by atoms with Crippen molar-refractivity contribution in [3.8, 4) is 17.3 Å². The summed E-state index contributed by atoms with van der Waals surface area (Å²) in [6.45, 7) is 18.9. The molecule has 6 rings (SSSR count). The topological polar surface area (TPSA) is 87.5 Å². The minimum atomic E-state index is -0.471. The van der Waals surface area contributed by atoms with Crippen LogP contribution in [0.3, 0.4) is 0 Å². The van der Waals surface area contributed by atoms with E-state index in [-0.39, 0.29) is 5.56 Å². The number of benzene rings is 1. The zero-order valence-corrected chi connectivity index (χ0v) is 29.5. The van der Waals surface area contributed by atoms with Crippen LogP contribution in [-0.4, -0.2) is 27.8 Å². The van der Waals surface area contributed by atoms with Crippen molar-refractivity contribution in [3.05, 3.63) is 39.1 Å². The Morgan fingerprint density at radius 2 is 1.93 bits per heavy atom. The van der Waals surface area contributed by atoms with E-state index in [9.17, 15) is 9.65 Å². The number of hydrogen-bond acceptors (Lipinski definition) is 6. The van der Waals surface area contributed by atoms with Crippen molar-refractivity contribution in [2.75, 3.05) is 12.3 Å². The van der Waals surface area contributed by atoms with E-state index in [4.69, 9.17) is 15.5 Å². The number of nitrogen functional groups attached to an aromatic ring is 1. The standard InChI is InChI=1S/C30H33FN5OPS.C3H8.C2H6/c1-5-16(3)23-19(10-34-17(4)36-12-15(2)8-30(36)6-7-30)20-13-37-14-21(20)24(27(23)38)26-25-18(9-32)29(33)39-28(25)22(31)11-35-26;1-3-2;1-2/h10-11,15H,5-8,12-14,33,38H2,1-4H3;3H2,1-2H3;1-2H3/b19-10-,23-16?,34-17?;;. The molecule has 0 radical (unpaired) electrons. The summed E-state index contributed by atoms with van der Waals surface area (Å²) in [6, 6.07) is 2.18. The van der Waals surface area contributed by atoms with E-state index >= 15 is 0 Å². The molecule has 0 bridgehead atoms. The van der Waals surface area contributed by atoms with Crippen LogP contribution in [0.1, 0.15) is 104 Å². The highest BCUT2D eigenvalue weighted by Crippen LogP contribution is 2.51. The second kappa shape index (κ2) is 14.1. The van der Waals surface area contributed by atoms with Crippen LogP contribution in [0.5, 0.6) is 0 Å². The molecule has 2 unspecified atom stereocenters. The Balaban J connectivity index is 0.000000834. The minimum absolute atomic E-state index is 0.275. The van der Waals surface area contributed by atoms with Gasteiger partial charge in [-0.2, -0.15) is 5.26 Å². The second-order valence-electron chi connectivity index (χ2n) is 11.9. The summed E-state index contributed by atoms with van der Waals surface area (Å²) in [5.41, 5.74) is 11.5. The predicted octanol–water partition coefficient (Wildman–Crippen LogP) is 7.14. The summed E-state index contributed by atoms with van der Waals surface area (Å²) in [6.07, 6.45) is 9.11. The summed E-state index contributed by atoms with van der Waals surface area (Å²) < 4.78 is 21.2. The number of hydrogen-bond donors (Lipinski definition) is 1. The highest BCUT2D eigenvalue weighted by molar-refractivity contribution is 7.28. The van der Waals surface area contributed by atoms with Gasteiger partial charge in [-0.25, -0.2) is 9.38 Å². The molecule has 1 saturated carbocycles. The second-order valence-corrected chi connectivity index (χ2v) is 13.6. The summed E-state index contributed by atoms with van der Waals surface area (Å²) in [4.78, 5) is 12.1. The smallest absolute Gasteiger partial charge is 0.159 e. The van der Waals surface area contributed by atoms with Crippen LogP contribution >= 0.6 is 20.6 Å². The molecule has 1 aliphatic carbocycles. The molecule has 2 atom stereocenters. The fraction of sp³-hybridized carbons (Fsp3) is 0.514. The van der Waals surface area contributed by atoms with Gasteiger partial charge in [0.25, 0.3) is 0 Å².